The Kier molecular flexibility index (Phi) is 11.8. The van der Waals surface area contributed by atoms with Crippen molar-refractivity contribution in [3.05, 3.63) is 148 Å². The molecule has 0 aliphatic carbocycles. The summed E-state index contributed by atoms with van der Waals surface area (Å²) < 4.78 is 34.9. The van der Waals surface area contributed by atoms with E-state index in [0.717, 1.165) is 44.1 Å². The van der Waals surface area contributed by atoms with Gasteiger partial charge in [0.15, 0.2) is 17.4 Å². The average Bonchev–Trinajstić information content (AvgIpc) is 3.76. The molecular weight excluding hydrogens is 776 g/mol. The monoisotopic (exact) mass is 822 g/mol. The van der Waals surface area contributed by atoms with Gasteiger partial charge in [0.1, 0.15) is 36.0 Å². The molecule has 286 valence electrons. The van der Waals surface area contributed by atoms with Crippen LogP contribution in [0.5, 0.6) is 11.6 Å². The average molecular weight is 824 g/mol. The van der Waals surface area contributed by atoms with Crippen molar-refractivity contribution in [2.24, 2.45) is 0 Å². The smallest absolute Gasteiger partial charge is 0.245 e. The van der Waals surface area contributed by atoms with Crippen LogP contribution in [0.4, 0.5) is 0 Å². The molecule has 1 fully saturated rings. The molecule has 0 spiro atoms. The standard InChI is InChI=1S/C43H47BrN4O6Si/c1-29-15-17-32(18-16-29)43(31-12-7-6-8-13-31,33-19-21-34(50-2)22-20-33)53-26-36-38(49)39(52-25-30-11-9-10-14-35(30)44)42(54-36)48-28-47-37-40(48)45-27-46-41(37)51-23-24-55(3,4)5/h6-22,27-28,36,38-39,42,49H,23-26H2,1-5H3/t36-,38-,39-,42-,43?/m1/s1. The second-order valence-corrected chi connectivity index (χ2v) is 21.5. The van der Waals surface area contributed by atoms with Crippen molar-refractivity contribution in [1.82, 2.24) is 19.5 Å². The van der Waals surface area contributed by atoms with Crippen LogP contribution in [0.25, 0.3) is 11.2 Å². The van der Waals surface area contributed by atoms with Gasteiger partial charge in [-0.05, 0) is 53.4 Å². The predicted octanol–water partition coefficient (Wildman–Crippen LogP) is 8.48. The van der Waals surface area contributed by atoms with Gasteiger partial charge >= 0.3 is 0 Å². The third-order valence-electron chi connectivity index (χ3n) is 9.99. The Morgan fingerprint density at radius 1 is 0.855 bits per heavy atom. The van der Waals surface area contributed by atoms with Crippen molar-refractivity contribution in [2.75, 3.05) is 20.3 Å². The largest absolute Gasteiger partial charge is 0.497 e. The third kappa shape index (κ3) is 8.40. The first-order chi connectivity index (χ1) is 26.6. The highest BCUT2D eigenvalue weighted by molar-refractivity contribution is 9.10. The van der Waals surface area contributed by atoms with Gasteiger partial charge in [0.05, 0.1) is 33.3 Å². The summed E-state index contributed by atoms with van der Waals surface area (Å²) in [6.07, 6.45) is -0.367. The summed E-state index contributed by atoms with van der Waals surface area (Å²) in [5, 5.41) is 12.2. The first kappa shape index (κ1) is 38.8. The molecule has 0 saturated carbocycles. The first-order valence-corrected chi connectivity index (χ1v) is 23.0. The van der Waals surface area contributed by atoms with E-state index in [1.165, 1.54) is 6.33 Å². The van der Waals surface area contributed by atoms with E-state index in [2.05, 4.69) is 93.8 Å². The number of aromatic nitrogens is 4. The highest BCUT2D eigenvalue weighted by Crippen LogP contribution is 2.43. The molecule has 0 bridgehead atoms. The Morgan fingerprint density at radius 3 is 2.22 bits per heavy atom. The Morgan fingerprint density at radius 2 is 1.53 bits per heavy atom. The molecule has 6 aromatic rings. The van der Waals surface area contributed by atoms with Crippen LogP contribution in [-0.2, 0) is 26.4 Å². The fraction of sp³-hybridized carbons (Fsp3) is 0.326. The maximum atomic E-state index is 12.2. The second-order valence-electron chi connectivity index (χ2n) is 15.0. The minimum Gasteiger partial charge on any atom is -0.497 e. The molecule has 10 nitrogen and oxygen atoms in total. The van der Waals surface area contributed by atoms with E-state index >= 15 is 0 Å². The molecule has 1 saturated heterocycles. The van der Waals surface area contributed by atoms with E-state index in [0.29, 0.717) is 23.7 Å². The molecule has 1 N–H and O–H groups in total. The van der Waals surface area contributed by atoms with Crippen molar-refractivity contribution < 1.29 is 28.8 Å². The summed E-state index contributed by atoms with van der Waals surface area (Å²) in [7, 11) is 0.317. The minimum atomic E-state index is -1.33. The number of hydrogen-bond acceptors (Lipinski definition) is 9. The Labute approximate surface area is 331 Å². The minimum absolute atomic E-state index is 0.0219. The fourth-order valence-electron chi connectivity index (χ4n) is 6.88. The molecule has 1 unspecified atom stereocenters. The van der Waals surface area contributed by atoms with E-state index in [1.54, 1.807) is 18.0 Å². The number of halogens is 1. The molecule has 1 aliphatic rings. The van der Waals surface area contributed by atoms with Crippen molar-refractivity contribution in [3.8, 4) is 11.6 Å². The Bertz CT molecular complexity index is 2180. The molecule has 5 atom stereocenters. The molecule has 4 aromatic carbocycles. The normalized spacial score (nSPS) is 19.7. The molecule has 2 aromatic heterocycles. The zero-order valence-electron chi connectivity index (χ0n) is 31.8. The van der Waals surface area contributed by atoms with Gasteiger partial charge in [-0.3, -0.25) is 4.57 Å². The molecule has 1 aliphatic heterocycles. The van der Waals surface area contributed by atoms with Gasteiger partial charge in [-0.15, -0.1) is 0 Å². The maximum Gasteiger partial charge on any atom is 0.245 e. The lowest BCUT2D eigenvalue weighted by atomic mass is 9.79. The van der Waals surface area contributed by atoms with Crippen molar-refractivity contribution in [1.29, 1.82) is 0 Å². The molecule has 0 radical (unpaired) electrons. The lowest BCUT2D eigenvalue weighted by Crippen LogP contribution is -2.40. The SMILES string of the molecule is COc1ccc(C(OC[C@H]2O[C@@H](n3cnc4c(OCC[Si](C)(C)C)ncnc43)[C@H](OCc3ccccc3Br)[C@@H]2O)(c2ccccc2)c2ccc(C)cc2)cc1. The van der Waals surface area contributed by atoms with E-state index < -0.39 is 38.2 Å². The quantitative estimate of drug-likeness (QED) is 0.0806. The van der Waals surface area contributed by atoms with Crippen LogP contribution in [0.15, 0.2) is 120 Å². The summed E-state index contributed by atoms with van der Waals surface area (Å²) in [4.78, 5) is 13.7. The Balaban J connectivity index is 1.25. The number of fused-ring (bicyclic) bond motifs is 1. The van der Waals surface area contributed by atoms with Crippen LogP contribution >= 0.6 is 15.9 Å². The fourth-order valence-corrected chi connectivity index (χ4v) is 8.00. The van der Waals surface area contributed by atoms with Crippen molar-refractivity contribution in [2.45, 2.75) is 69.4 Å². The summed E-state index contributed by atoms with van der Waals surface area (Å²) in [6.45, 7) is 9.77. The predicted molar refractivity (Wildman–Crippen MR) is 218 cm³/mol. The second kappa shape index (κ2) is 16.7. The number of hydrogen-bond donors (Lipinski definition) is 1. The molecular formula is C43H47BrN4O6Si. The van der Waals surface area contributed by atoms with Crippen LogP contribution in [-0.4, -0.2) is 71.3 Å². The van der Waals surface area contributed by atoms with E-state index in [1.807, 2.05) is 66.7 Å². The molecule has 12 heteroatoms. The van der Waals surface area contributed by atoms with Gasteiger partial charge in [0, 0.05) is 12.5 Å². The van der Waals surface area contributed by atoms with E-state index in [-0.39, 0.29) is 13.2 Å². The zero-order chi connectivity index (χ0) is 38.6. The number of aliphatic hydroxyl groups excluding tert-OH is 1. The summed E-state index contributed by atoms with van der Waals surface area (Å²) >= 11 is 3.64. The van der Waals surface area contributed by atoms with Crippen LogP contribution in [0.2, 0.25) is 25.7 Å². The molecule has 0 amide bonds. The van der Waals surface area contributed by atoms with Gasteiger partial charge in [-0.2, -0.15) is 4.98 Å². The summed E-state index contributed by atoms with van der Waals surface area (Å²) in [5.74, 6) is 1.15. The number of rotatable bonds is 15. The summed E-state index contributed by atoms with van der Waals surface area (Å²) in [5.41, 5.74) is 4.78. The third-order valence-corrected chi connectivity index (χ3v) is 12.5. The van der Waals surface area contributed by atoms with Crippen LogP contribution in [0.1, 0.15) is 34.0 Å². The number of aliphatic hydroxyl groups is 1. The number of nitrogens with zero attached hydrogens (tertiary/aromatic N) is 4. The zero-order valence-corrected chi connectivity index (χ0v) is 34.3. The molecule has 55 heavy (non-hydrogen) atoms. The van der Waals surface area contributed by atoms with Gasteiger partial charge < -0.3 is 28.8 Å². The van der Waals surface area contributed by atoms with Crippen molar-refractivity contribution >= 4 is 35.2 Å². The number of imidazole rings is 1. The lowest BCUT2D eigenvalue weighted by molar-refractivity contribution is -0.0968. The highest BCUT2D eigenvalue weighted by atomic mass is 79.9. The topological polar surface area (TPSA) is 110 Å². The maximum absolute atomic E-state index is 12.2. The summed E-state index contributed by atoms with van der Waals surface area (Å²) in [6, 6.07) is 35.2. The lowest BCUT2D eigenvalue weighted by Gasteiger charge is -2.37. The van der Waals surface area contributed by atoms with E-state index in [4.69, 9.17) is 23.7 Å². The molecule has 3 heterocycles. The Hall–Kier alpha value is -4.43. The van der Waals surface area contributed by atoms with Gasteiger partial charge in [0.25, 0.3) is 0 Å². The number of benzene rings is 4. The highest BCUT2D eigenvalue weighted by Gasteiger charge is 2.48. The van der Waals surface area contributed by atoms with Crippen LogP contribution in [0.3, 0.4) is 0 Å². The number of ether oxygens (including phenoxy) is 5. The van der Waals surface area contributed by atoms with Gasteiger partial charge in [-0.25, -0.2) is 9.97 Å². The van der Waals surface area contributed by atoms with E-state index in [9.17, 15) is 5.11 Å². The first-order valence-electron chi connectivity index (χ1n) is 18.5. The van der Waals surface area contributed by atoms with Crippen LogP contribution in [0, 0.1) is 6.92 Å². The van der Waals surface area contributed by atoms with Crippen LogP contribution < -0.4 is 9.47 Å². The van der Waals surface area contributed by atoms with Gasteiger partial charge in [-0.1, -0.05) is 126 Å². The van der Waals surface area contributed by atoms with Gasteiger partial charge in [0.2, 0.25) is 5.88 Å². The number of methoxy groups -OCH3 is 1. The number of aryl methyl sites for hydroxylation is 1. The molecule has 7 rings (SSSR count). The van der Waals surface area contributed by atoms with Crippen molar-refractivity contribution in [3.63, 3.8) is 0 Å².